The molecule has 21 heavy (non-hydrogen) atoms. The molecule has 112 valence electrons. The molecule has 1 unspecified atom stereocenters. The molecule has 0 bridgehead atoms. The number of aromatic nitrogens is 2. The lowest BCUT2D eigenvalue weighted by Crippen LogP contribution is -2.19. The molecule has 1 atom stereocenters. The van der Waals surface area contributed by atoms with Crippen LogP contribution in [0.3, 0.4) is 0 Å². The average Bonchev–Trinajstić information content (AvgIpc) is 2.87. The molecular weight excluding hydrogens is 270 g/mol. The highest BCUT2D eigenvalue weighted by Crippen LogP contribution is 2.29. The molecule has 1 aliphatic rings. The average molecular weight is 289 g/mol. The van der Waals surface area contributed by atoms with E-state index < -0.39 is 5.97 Å². The number of fused-ring (bicyclic) bond motifs is 1. The minimum atomic E-state index is -0.415. The van der Waals surface area contributed by atoms with E-state index in [2.05, 4.69) is 5.10 Å². The van der Waals surface area contributed by atoms with E-state index in [-0.39, 0.29) is 6.23 Å². The fraction of sp³-hybridized carbons (Fsp3) is 0.467. The zero-order valence-corrected chi connectivity index (χ0v) is 12.0. The van der Waals surface area contributed by atoms with Crippen LogP contribution in [0.5, 0.6) is 0 Å². The van der Waals surface area contributed by atoms with E-state index in [1.807, 2.05) is 12.1 Å². The number of ether oxygens (including phenoxy) is 2. The fourth-order valence-corrected chi connectivity index (χ4v) is 2.64. The van der Waals surface area contributed by atoms with E-state index in [1.54, 1.807) is 17.7 Å². The van der Waals surface area contributed by atoms with Crippen LogP contribution in [0, 0.1) is 0 Å². The fourth-order valence-electron chi connectivity index (χ4n) is 2.64. The van der Waals surface area contributed by atoms with Crippen LogP contribution in [-0.4, -0.2) is 29.0 Å². The lowest BCUT2D eigenvalue weighted by Gasteiger charge is -2.23. The molecule has 1 aromatic heterocycles. The molecule has 6 heteroatoms. The van der Waals surface area contributed by atoms with Crippen LogP contribution in [0.2, 0.25) is 0 Å². The summed E-state index contributed by atoms with van der Waals surface area (Å²) in [6.45, 7) is 2.81. The zero-order chi connectivity index (χ0) is 14.8. The van der Waals surface area contributed by atoms with Crippen molar-refractivity contribution in [3.05, 3.63) is 23.9 Å². The molecule has 1 fully saturated rings. The van der Waals surface area contributed by atoms with Gasteiger partial charge in [0.15, 0.2) is 11.9 Å². The molecule has 0 aliphatic carbocycles. The number of hydrogen-bond acceptors (Lipinski definition) is 5. The van der Waals surface area contributed by atoms with Crippen molar-refractivity contribution in [1.29, 1.82) is 0 Å². The molecular formula is C15H19N3O3. The first-order chi connectivity index (χ1) is 10.2. The van der Waals surface area contributed by atoms with E-state index in [9.17, 15) is 4.79 Å². The van der Waals surface area contributed by atoms with Gasteiger partial charge >= 0.3 is 5.97 Å². The third-order valence-electron chi connectivity index (χ3n) is 3.63. The number of carbonyl (C=O) groups is 1. The molecule has 1 saturated heterocycles. The summed E-state index contributed by atoms with van der Waals surface area (Å²) in [6.07, 6.45) is 2.88. The first-order valence-corrected chi connectivity index (χ1v) is 7.27. The van der Waals surface area contributed by atoms with Gasteiger partial charge in [0.1, 0.15) is 0 Å². The summed E-state index contributed by atoms with van der Waals surface area (Å²) in [5, 5.41) is 5.18. The van der Waals surface area contributed by atoms with E-state index in [4.69, 9.17) is 15.2 Å². The first-order valence-electron chi connectivity index (χ1n) is 7.27. The summed E-state index contributed by atoms with van der Waals surface area (Å²) in [5.41, 5.74) is 7.63. The molecule has 2 aromatic rings. The normalized spacial score (nSPS) is 18.8. The van der Waals surface area contributed by atoms with Gasteiger partial charge in [0.2, 0.25) is 0 Å². The van der Waals surface area contributed by atoms with Gasteiger partial charge in [-0.3, -0.25) is 0 Å². The monoisotopic (exact) mass is 289 g/mol. The molecule has 0 radical (unpaired) electrons. The Morgan fingerprint density at radius 2 is 2.38 bits per heavy atom. The SMILES string of the molecule is CCOC(=O)c1nn(C2CCCCO2)c2cc(N)ccc12. The molecule has 1 aliphatic heterocycles. The summed E-state index contributed by atoms with van der Waals surface area (Å²) in [7, 11) is 0. The van der Waals surface area contributed by atoms with Crippen LogP contribution in [0.15, 0.2) is 18.2 Å². The second kappa shape index (κ2) is 5.73. The van der Waals surface area contributed by atoms with Crippen LogP contribution >= 0.6 is 0 Å². The Bertz CT molecular complexity index is 659. The minimum Gasteiger partial charge on any atom is -0.461 e. The highest BCUT2D eigenvalue weighted by atomic mass is 16.5. The van der Waals surface area contributed by atoms with Gasteiger partial charge in [-0.15, -0.1) is 0 Å². The highest BCUT2D eigenvalue weighted by Gasteiger charge is 2.24. The third kappa shape index (κ3) is 2.58. The molecule has 0 spiro atoms. The molecule has 6 nitrogen and oxygen atoms in total. The topological polar surface area (TPSA) is 79.4 Å². The van der Waals surface area contributed by atoms with Crippen molar-refractivity contribution in [3.8, 4) is 0 Å². The van der Waals surface area contributed by atoms with E-state index in [0.29, 0.717) is 24.6 Å². The smallest absolute Gasteiger partial charge is 0.359 e. The van der Waals surface area contributed by atoms with Gasteiger partial charge in [0, 0.05) is 17.7 Å². The number of esters is 1. The Morgan fingerprint density at radius 3 is 3.10 bits per heavy atom. The zero-order valence-electron chi connectivity index (χ0n) is 12.0. The maximum absolute atomic E-state index is 12.1. The van der Waals surface area contributed by atoms with Crippen molar-refractivity contribution < 1.29 is 14.3 Å². The quantitative estimate of drug-likeness (QED) is 0.693. The number of hydrogen-bond donors (Lipinski definition) is 1. The van der Waals surface area contributed by atoms with E-state index in [0.717, 1.165) is 30.2 Å². The minimum absolute atomic E-state index is 0.147. The van der Waals surface area contributed by atoms with Crippen molar-refractivity contribution in [2.45, 2.75) is 32.4 Å². The number of anilines is 1. The molecule has 0 amide bonds. The van der Waals surface area contributed by atoms with Gasteiger partial charge < -0.3 is 15.2 Å². The maximum atomic E-state index is 12.1. The third-order valence-corrected chi connectivity index (χ3v) is 3.63. The Morgan fingerprint density at radius 1 is 1.52 bits per heavy atom. The summed E-state index contributed by atoms with van der Waals surface area (Å²) in [4.78, 5) is 12.1. The highest BCUT2D eigenvalue weighted by molar-refractivity contribution is 6.02. The Balaban J connectivity index is 2.10. The second-order valence-electron chi connectivity index (χ2n) is 5.11. The van der Waals surface area contributed by atoms with Crippen molar-refractivity contribution in [2.75, 3.05) is 18.9 Å². The first kappa shape index (κ1) is 13.9. The Hall–Kier alpha value is -2.08. The van der Waals surface area contributed by atoms with Crippen LogP contribution in [-0.2, 0) is 9.47 Å². The van der Waals surface area contributed by atoms with E-state index in [1.165, 1.54) is 0 Å². The second-order valence-corrected chi connectivity index (χ2v) is 5.11. The number of nitrogens with zero attached hydrogens (tertiary/aromatic N) is 2. The number of carbonyl (C=O) groups excluding carboxylic acids is 1. The van der Waals surface area contributed by atoms with Crippen LogP contribution in [0.25, 0.3) is 10.9 Å². The lowest BCUT2D eigenvalue weighted by atomic mass is 10.1. The number of rotatable bonds is 3. The van der Waals surface area contributed by atoms with Gasteiger partial charge in [-0.25, -0.2) is 9.48 Å². The van der Waals surface area contributed by atoms with Gasteiger partial charge in [-0.1, -0.05) is 0 Å². The molecule has 1 aromatic carbocycles. The largest absolute Gasteiger partial charge is 0.461 e. The summed E-state index contributed by atoms with van der Waals surface area (Å²) < 4.78 is 12.6. The van der Waals surface area contributed by atoms with Crippen LogP contribution < -0.4 is 5.73 Å². The molecule has 0 saturated carbocycles. The van der Waals surface area contributed by atoms with Crippen molar-refractivity contribution in [1.82, 2.24) is 9.78 Å². The van der Waals surface area contributed by atoms with Crippen LogP contribution in [0.1, 0.15) is 42.9 Å². The lowest BCUT2D eigenvalue weighted by molar-refractivity contribution is -0.0369. The van der Waals surface area contributed by atoms with Gasteiger partial charge in [-0.2, -0.15) is 5.10 Å². The molecule has 2 N–H and O–H groups in total. The molecule has 2 heterocycles. The summed E-state index contributed by atoms with van der Waals surface area (Å²) in [5.74, 6) is -0.415. The number of benzene rings is 1. The summed E-state index contributed by atoms with van der Waals surface area (Å²) >= 11 is 0. The molecule has 3 rings (SSSR count). The Labute approximate surface area is 122 Å². The van der Waals surface area contributed by atoms with Gasteiger partial charge in [0.05, 0.1) is 12.1 Å². The number of nitrogens with two attached hydrogens (primary N) is 1. The van der Waals surface area contributed by atoms with Crippen molar-refractivity contribution >= 4 is 22.6 Å². The van der Waals surface area contributed by atoms with Crippen molar-refractivity contribution in [3.63, 3.8) is 0 Å². The standard InChI is InChI=1S/C15H19N3O3/c1-2-20-15(19)14-11-7-6-10(16)9-12(11)18(17-14)13-5-3-4-8-21-13/h6-7,9,13H,2-5,8,16H2,1H3. The predicted octanol–water partition coefficient (Wildman–Crippen LogP) is 2.49. The van der Waals surface area contributed by atoms with Crippen LogP contribution in [0.4, 0.5) is 5.69 Å². The number of nitrogen functional groups attached to an aromatic ring is 1. The van der Waals surface area contributed by atoms with Crippen molar-refractivity contribution in [2.24, 2.45) is 0 Å². The van der Waals surface area contributed by atoms with Gasteiger partial charge in [-0.05, 0) is 44.4 Å². The Kier molecular flexibility index (Phi) is 3.79. The maximum Gasteiger partial charge on any atom is 0.359 e. The van der Waals surface area contributed by atoms with E-state index >= 15 is 0 Å². The predicted molar refractivity (Wildman–Crippen MR) is 78.9 cm³/mol. The summed E-state index contributed by atoms with van der Waals surface area (Å²) in [6, 6.07) is 5.39. The van der Waals surface area contributed by atoms with Gasteiger partial charge in [0.25, 0.3) is 0 Å².